The summed E-state index contributed by atoms with van der Waals surface area (Å²) in [5, 5.41) is 0. The predicted molar refractivity (Wildman–Crippen MR) is 79.1 cm³/mol. The van der Waals surface area contributed by atoms with Gasteiger partial charge >= 0.3 is 6.18 Å². The molecule has 1 unspecified atom stereocenters. The Morgan fingerprint density at radius 2 is 1.58 bits per heavy atom. The number of ether oxygens (including phenoxy) is 2. The number of halogens is 3. The maximum atomic E-state index is 12.7. The molecular formula is C17H17F3O4. The fourth-order valence-corrected chi connectivity index (χ4v) is 2.64. The minimum atomic E-state index is -4.51. The van der Waals surface area contributed by atoms with E-state index in [1.165, 1.54) is 14.0 Å². The van der Waals surface area contributed by atoms with E-state index in [4.69, 9.17) is 9.47 Å². The highest BCUT2D eigenvalue weighted by atomic mass is 19.4. The van der Waals surface area contributed by atoms with Crippen LogP contribution in [0.15, 0.2) is 35.6 Å². The molecule has 7 heteroatoms. The molecule has 0 saturated carbocycles. The maximum Gasteiger partial charge on any atom is 0.416 e. The van der Waals surface area contributed by atoms with Crippen molar-refractivity contribution >= 4 is 11.6 Å². The molecule has 0 bridgehead atoms. The van der Waals surface area contributed by atoms with Gasteiger partial charge in [0.05, 0.1) is 11.7 Å². The fraction of sp³-hybridized carbons (Fsp3) is 0.412. The van der Waals surface area contributed by atoms with Crippen LogP contribution in [0, 0.1) is 0 Å². The van der Waals surface area contributed by atoms with Gasteiger partial charge in [0.1, 0.15) is 0 Å². The van der Waals surface area contributed by atoms with Crippen LogP contribution in [-0.2, 0) is 30.8 Å². The first kappa shape index (κ1) is 18.2. The first-order valence-corrected chi connectivity index (χ1v) is 7.25. The smallest absolute Gasteiger partial charge is 0.416 e. The van der Waals surface area contributed by atoms with Crippen molar-refractivity contribution in [2.45, 2.75) is 38.7 Å². The molecule has 0 heterocycles. The van der Waals surface area contributed by atoms with E-state index in [9.17, 15) is 22.8 Å². The first-order valence-electron chi connectivity index (χ1n) is 7.25. The van der Waals surface area contributed by atoms with Gasteiger partial charge < -0.3 is 9.47 Å². The average molecular weight is 342 g/mol. The van der Waals surface area contributed by atoms with E-state index >= 15 is 0 Å². The van der Waals surface area contributed by atoms with Crippen molar-refractivity contribution in [1.82, 2.24) is 0 Å². The molecule has 0 fully saturated rings. The lowest BCUT2D eigenvalue weighted by atomic mass is 9.87. The summed E-state index contributed by atoms with van der Waals surface area (Å²) in [7, 11) is 1.17. The summed E-state index contributed by atoms with van der Waals surface area (Å²) in [6.45, 7) is 4.83. The molecule has 1 aliphatic rings. The monoisotopic (exact) mass is 342 g/mol. The highest BCUT2D eigenvalue weighted by Crippen LogP contribution is 2.41. The lowest BCUT2D eigenvalue weighted by molar-refractivity contribution is -0.150. The molecule has 0 saturated heterocycles. The maximum absolute atomic E-state index is 12.7. The van der Waals surface area contributed by atoms with E-state index in [1.54, 1.807) is 13.8 Å². The van der Waals surface area contributed by atoms with Gasteiger partial charge in [-0.15, -0.1) is 0 Å². The second kappa shape index (κ2) is 6.05. The number of Topliss-reactive ketones (excluding diaryl/α,β-unsaturated/α-hetero) is 2. The van der Waals surface area contributed by atoms with Gasteiger partial charge in [0, 0.05) is 12.7 Å². The number of rotatable bonds is 4. The van der Waals surface area contributed by atoms with Crippen molar-refractivity contribution in [3.05, 3.63) is 46.7 Å². The summed E-state index contributed by atoms with van der Waals surface area (Å²) in [5.41, 5.74) is -2.75. The molecule has 0 N–H and O–H groups in total. The van der Waals surface area contributed by atoms with Crippen molar-refractivity contribution in [2.75, 3.05) is 7.11 Å². The van der Waals surface area contributed by atoms with Gasteiger partial charge in [-0.05, 0) is 38.5 Å². The minimum Gasteiger partial charge on any atom is -0.487 e. The largest absolute Gasteiger partial charge is 0.487 e. The van der Waals surface area contributed by atoms with Crippen molar-refractivity contribution in [1.29, 1.82) is 0 Å². The topological polar surface area (TPSA) is 52.6 Å². The van der Waals surface area contributed by atoms with Gasteiger partial charge in [0.25, 0.3) is 0 Å². The number of carbonyl (C=O) groups excluding carboxylic acids is 2. The molecule has 0 amide bonds. The van der Waals surface area contributed by atoms with E-state index in [1.807, 2.05) is 0 Å². The number of carbonyl (C=O) groups is 2. The molecule has 130 valence electrons. The third-order valence-electron chi connectivity index (χ3n) is 3.81. The number of benzene rings is 1. The minimum absolute atomic E-state index is 0.0368. The molecule has 1 aromatic carbocycles. The Morgan fingerprint density at radius 1 is 1.04 bits per heavy atom. The lowest BCUT2D eigenvalue weighted by Crippen LogP contribution is -2.42. The van der Waals surface area contributed by atoms with Crippen LogP contribution >= 0.6 is 0 Å². The Bertz CT molecular complexity index is 702. The Labute approximate surface area is 137 Å². The van der Waals surface area contributed by atoms with Gasteiger partial charge in [0.15, 0.2) is 5.76 Å². The van der Waals surface area contributed by atoms with Gasteiger partial charge in [0.2, 0.25) is 17.2 Å². The molecule has 0 spiro atoms. The van der Waals surface area contributed by atoms with Crippen LogP contribution in [0.5, 0.6) is 0 Å². The van der Waals surface area contributed by atoms with Crippen molar-refractivity contribution in [2.24, 2.45) is 0 Å². The summed E-state index contributed by atoms with van der Waals surface area (Å²) in [6, 6.07) is 3.78. The van der Waals surface area contributed by atoms with Crippen molar-refractivity contribution in [3.63, 3.8) is 0 Å². The molecule has 1 aromatic rings. The molecule has 1 aliphatic carbocycles. The van der Waals surface area contributed by atoms with E-state index < -0.39 is 28.9 Å². The van der Waals surface area contributed by atoms with Crippen molar-refractivity contribution < 1.29 is 32.2 Å². The third-order valence-corrected chi connectivity index (χ3v) is 3.81. The molecular weight excluding hydrogens is 325 g/mol. The fourth-order valence-electron chi connectivity index (χ4n) is 2.64. The van der Waals surface area contributed by atoms with Crippen LogP contribution in [0.3, 0.4) is 0 Å². The zero-order chi connectivity index (χ0) is 18.3. The Balaban J connectivity index is 2.51. The molecule has 0 aliphatic heterocycles. The lowest BCUT2D eigenvalue weighted by Gasteiger charge is -2.25. The Morgan fingerprint density at radius 3 is 2.00 bits per heavy atom. The molecule has 4 nitrogen and oxygen atoms in total. The van der Waals surface area contributed by atoms with Crippen LogP contribution in [0.25, 0.3) is 0 Å². The molecule has 0 aromatic heterocycles. The van der Waals surface area contributed by atoms with Crippen LogP contribution in [0.1, 0.15) is 31.9 Å². The zero-order valence-corrected chi connectivity index (χ0v) is 13.7. The van der Waals surface area contributed by atoms with Crippen molar-refractivity contribution in [3.8, 4) is 0 Å². The van der Waals surface area contributed by atoms with Crippen LogP contribution in [-0.4, -0.2) is 24.8 Å². The third kappa shape index (κ3) is 2.73. The summed E-state index contributed by atoms with van der Waals surface area (Å²) in [5.74, 6) is -1.46. The summed E-state index contributed by atoms with van der Waals surface area (Å²) < 4.78 is 48.7. The van der Waals surface area contributed by atoms with Crippen LogP contribution in [0.2, 0.25) is 0 Å². The molecule has 24 heavy (non-hydrogen) atoms. The number of ketones is 2. The Kier molecular flexibility index (Phi) is 4.59. The number of hydrogen-bond donors (Lipinski definition) is 0. The summed E-state index contributed by atoms with van der Waals surface area (Å²) in [4.78, 5) is 25.4. The Hall–Kier alpha value is -2.15. The van der Waals surface area contributed by atoms with Crippen LogP contribution < -0.4 is 0 Å². The van der Waals surface area contributed by atoms with Gasteiger partial charge in [-0.2, -0.15) is 13.2 Å². The molecule has 0 radical (unpaired) electrons. The summed E-state index contributed by atoms with van der Waals surface area (Å²) >= 11 is 0. The van der Waals surface area contributed by atoms with E-state index in [-0.39, 0.29) is 23.0 Å². The quantitative estimate of drug-likeness (QED) is 0.787. The normalized spacial score (nSPS) is 21.8. The number of methoxy groups -OCH3 is 1. The second-order valence-corrected chi connectivity index (χ2v) is 5.74. The first-order chi connectivity index (χ1) is 11.1. The standard InChI is InChI=1S/C17H17F3O4/c1-9(2)24-13-10(3)14(21)16(23-4,15(13)22)11-5-7-12(8-6-11)17(18,19)20/h5-9H,1-4H3. The SMILES string of the molecule is COC1(c2ccc(C(F)(F)F)cc2)C(=O)C(C)=C(OC(C)C)C1=O. The van der Waals surface area contributed by atoms with E-state index in [2.05, 4.69) is 0 Å². The van der Waals surface area contributed by atoms with E-state index in [0.29, 0.717) is 0 Å². The highest BCUT2D eigenvalue weighted by molar-refractivity contribution is 6.29. The number of hydrogen-bond acceptors (Lipinski definition) is 4. The molecule has 2 rings (SSSR count). The zero-order valence-electron chi connectivity index (χ0n) is 13.7. The molecule has 1 atom stereocenters. The number of alkyl halides is 3. The second-order valence-electron chi connectivity index (χ2n) is 5.74. The van der Waals surface area contributed by atoms with Gasteiger partial charge in [-0.3, -0.25) is 9.59 Å². The highest BCUT2D eigenvalue weighted by Gasteiger charge is 2.56. The predicted octanol–water partition coefficient (Wildman–Crippen LogP) is 3.40. The van der Waals surface area contributed by atoms with Crippen LogP contribution in [0.4, 0.5) is 13.2 Å². The van der Waals surface area contributed by atoms with Gasteiger partial charge in [-0.25, -0.2) is 0 Å². The van der Waals surface area contributed by atoms with E-state index in [0.717, 1.165) is 24.3 Å². The summed E-state index contributed by atoms with van der Waals surface area (Å²) in [6.07, 6.45) is -4.85. The average Bonchev–Trinajstić information content (AvgIpc) is 2.68. The van der Waals surface area contributed by atoms with Gasteiger partial charge in [-0.1, -0.05) is 12.1 Å².